The van der Waals surface area contributed by atoms with E-state index in [0.717, 1.165) is 11.3 Å². The minimum atomic E-state index is 0.388. The summed E-state index contributed by atoms with van der Waals surface area (Å²) in [5, 5.41) is 0.642. The van der Waals surface area contributed by atoms with Gasteiger partial charge in [-0.2, -0.15) is 0 Å². The number of hydrogen-bond donors (Lipinski definition) is 3. The third-order valence-corrected chi connectivity index (χ3v) is 1.83. The number of rotatable bonds is 2. The van der Waals surface area contributed by atoms with Crippen LogP contribution < -0.4 is 17.0 Å². The Morgan fingerprint density at radius 2 is 2.18 bits per heavy atom. The van der Waals surface area contributed by atoms with Gasteiger partial charge in [0.2, 0.25) is 0 Å². The molecule has 0 aromatic heterocycles. The lowest BCUT2D eigenvalue weighted by molar-refractivity contribution is 1.07. The number of nitrogens with two attached hydrogens (primary N) is 2. The van der Waals surface area contributed by atoms with Crippen molar-refractivity contribution in [1.82, 2.24) is 0 Å². The third-order valence-electron chi connectivity index (χ3n) is 1.48. The molecule has 3 nitrogen and oxygen atoms in total. The molecule has 5 N–H and O–H groups in total. The summed E-state index contributed by atoms with van der Waals surface area (Å²) in [6.07, 6.45) is 0. The van der Waals surface area contributed by atoms with Crippen molar-refractivity contribution >= 4 is 17.3 Å². The molecule has 0 bridgehead atoms. The van der Waals surface area contributed by atoms with Crippen LogP contribution in [0.1, 0.15) is 5.56 Å². The van der Waals surface area contributed by atoms with Crippen molar-refractivity contribution < 1.29 is 0 Å². The fourth-order valence-electron chi connectivity index (χ4n) is 0.901. The molecular weight excluding hydrogens is 162 g/mol. The average Bonchev–Trinajstić information content (AvgIpc) is 2.04. The van der Waals surface area contributed by atoms with E-state index in [1.54, 1.807) is 6.07 Å². The van der Waals surface area contributed by atoms with Gasteiger partial charge in [0.05, 0.1) is 5.69 Å². The Labute approximate surface area is 70.3 Å². The second-order valence-electron chi connectivity index (χ2n) is 2.11. The Morgan fingerprint density at radius 3 is 2.64 bits per heavy atom. The lowest BCUT2D eigenvalue weighted by Gasteiger charge is -2.07. The molecule has 1 aromatic carbocycles. The summed E-state index contributed by atoms with van der Waals surface area (Å²) in [7, 11) is 0. The van der Waals surface area contributed by atoms with E-state index in [4.69, 9.17) is 23.2 Å². The number of hydrogen-bond acceptors (Lipinski definition) is 3. The molecule has 0 saturated carbocycles. The Balaban J connectivity index is 3.13. The van der Waals surface area contributed by atoms with Crippen molar-refractivity contribution in [3.8, 4) is 0 Å². The van der Waals surface area contributed by atoms with Gasteiger partial charge in [-0.05, 0) is 12.1 Å². The predicted molar refractivity (Wildman–Crippen MR) is 47.2 cm³/mol. The first-order valence-electron chi connectivity index (χ1n) is 3.23. The van der Waals surface area contributed by atoms with Crippen molar-refractivity contribution in [3.63, 3.8) is 0 Å². The van der Waals surface area contributed by atoms with E-state index in [1.165, 1.54) is 0 Å². The van der Waals surface area contributed by atoms with Crippen LogP contribution in [0.2, 0.25) is 5.02 Å². The molecule has 0 fully saturated rings. The van der Waals surface area contributed by atoms with Gasteiger partial charge in [-0.1, -0.05) is 17.7 Å². The molecule has 0 unspecified atom stereocenters. The summed E-state index contributed by atoms with van der Waals surface area (Å²) in [5.74, 6) is 5.23. The molecule has 0 atom stereocenters. The Hall–Kier alpha value is -0.770. The van der Waals surface area contributed by atoms with E-state index in [-0.39, 0.29) is 0 Å². The maximum atomic E-state index is 5.83. The van der Waals surface area contributed by atoms with E-state index in [1.807, 2.05) is 12.1 Å². The summed E-state index contributed by atoms with van der Waals surface area (Å²) in [5.41, 5.74) is 9.59. The smallest absolute Gasteiger partial charge is 0.0544 e. The number of nitrogens with one attached hydrogen (secondary N) is 1. The lowest BCUT2D eigenvalue weighted by atomic mass is 10.2. The molecule has 0 aliphatic carbocycles. The van der Waals surface area contributed by atoms with E-state index in [9.17, 15) is 0 Å². The molecule has 11 heavy (non-hydrogen) atoms. The van der Waals surface area contributed by atoms with Crippen molar-refractivity contribution in [2.24, 2.45) is 11.6 Å². The standard InChI is InChI=1S/C7H10ClN3/c8-6-2-1-3-7(11-10)5(6)4-9/h1-3,11H,4,9-10H2. The van der Waals surface area contributed by atoms with Gasteiger partial charge in [-0.3, -0.25) is 5.84 Å². The van der Waals surface area contributed by atoms with Crippen LogP contribution in [0.15, 0.2) is 18.2 Å². The molecule has 0 aliphatic heterocycles. The van der Waals surface area contributed by atoms with Gasteiger partial charge in [-0.25, -0.2) is 0 Å². The molecule has 0 radical (unpaired) electrons. The molecule has 0 heterocycles. The average molecular weight is 172 g/mol. The molecule has 0 aliphatic rings. The van der Waals surface area contributed by atoms with E-state index >= 15 is 0 Å². The second kappa shape index (κ2) is 3.57. The van der Waals surface area contributed by atoms with Crippen molar-refractivity contribution in [2.45, 2.75) is 6.54 Å². The highest BCUT2D eigenvalue weighted by atomic mass is 35.5. The fourth-order valence-corrected chi connectivity index (χ4v) is 1.15. The fraction of sp³-hybridized carbons (Fsp3) is 0.143. The third kappa shape index (κ3) is 1.63. The topological polar surface area (TPSA) is 64.1 Å². The number of hydrazine groups is 1. The number of halogens is 1. The van der Waals surface area contributed by atoms with Crippen LogP contribution in [-0.4, -0.2) is 0 Å². The first-order valence-corrected chi connectivity index (χ1v) is 3.61. The van der Waals surface area contributed by atoms with Gasteiger partial charge in [0.25, 0.3) is 0 Å². The van der Waals surface area contributed by atoms with E-state index < -0.39 is 0 Å². The van der Waals surface area contributed by atoms with E-state index in [2.05, 4.69) is 5.43 Å². The van der Waals surface area contributed by atoms with Gasteiger partial charge < -0.3 is 11.2 Å². The summed E-state index contributed by atoms with van der Waals surface area (Å²) < 4.78 is 0. The zero-order chi connectivity index (χ0) is 8.27. The first kappa shape index (κ1) is 8.33. The SMILES string of the molecule is NCc1c(Cl)cccc1NN. The van der Waals surface area contributed by atoms with Crippen molar-refractivity contribution in [2.75, 3.05) is 5.43 Å². The summed E-state index contributed by atoms with van der Waals surface area (Å²) in [6.45, 7) is 0.388. The van der Waals surface area contributed by atoms with Crippen LogP contribution >= 0.6 is 11.6 Å². The van der Waals surface area contributed by atoms with Gasteiger partial charge in [0.1, 0.15) is 0 Å². The lowest BCUT2D eigenvalue weighted by Crippen LogP contribution is -2.11. The van der Waals surface area contributed by atoms with Crippen LogP contribution in [0, 0.1) is 0 Å². The van der Waals surface area contributed by atoms with Crippen LogP contribution in [0.4, 0.5) is 5.69 Å². The highest BCUT2D eigenvalue weighted by Crippen LogP contribution is 2.22. The molecular formula is C7H10ClN3. The first-order chi connectivity index (χ1) is 5.29. The van der Waals surface area contributed by atoms with Gasteiger partial charge in [0.15, 0.2) is 0 Å². The summed E-state index contributed by atoms with van der Waals surface area (Å²) in [4.78, 5) is 0. The van der Waals surface area contributed by atoms with Gasteiger partial charge in [0, 0.05) is 17.1 Å². The molecule has 1 rings (SSSR count). The largest absolute Gasteiger partial charge is 0.326 e. The van der Waals surface area contributed by atoms with Gasteiger partial charge >= 0.3 is 0 Å². The highest BCUT2D eigenvalue weighted by molar-refractivity contribution is 6.31. The Morgan fingerprint density at radius 1 is 1.45 bits per heavy atom. The van der Waals surface area contributed by atoms with Crippen molar-refractivity contribution in [1.29, 1.82) is 0 Å². The van der Waals surface area contributed by atoms with Gasteiger partial charge in [-0.15, -0.1) is 0 Å². The monoisotopic (exact) mass is 171 g/mol. The minimum absolute atomic E-state index is 0.388. The molecule has 4 heteroatoms. The maximum Gasteiger partial charge on any atom is 0.0544 e. The Bertz CT molecular complexity index is 249. The predicted octanol–water partition coefficient (Wildman–Crippen LogP) is 1.08. The summed E-state index contributed by atoms with van der Waals surface area (Å²) in [6, 6.07) is 5.43. The molecule has 0 saturated heterocycles. The van der Waals surface area contributed by atoms with Crippen molar-refractivity contribution in [3.05, 3.63) is 28.8 Å². The second-order valence-corrected chi connectivity index (χ2v) is 2.52. The molecule has 1 aromatic rings. The number of anilines is 1. The maximum absolute atomic E-state index is 5.83. The molecule has 0 spiro atoms. The zero-order valence-electron chi connectivity index (χ0n) is 5.97. The van der Waals surface area contributed by atoms with Crippen LogP contribution in [0.3, 0.4) is 0 Å². The number of nitrogen functional groups attached to an aromatic ring is 1. The van der Waals surface area contributed by atoms with Crippen LogP contribution in [0.25, 0.3) is 0 Å². The zero-order valence-corrected chi connectivity index (χ0v) is 6.73. The molecule has 0 amide bonds. The Kier molecular flexibility index (Phi) is 2.70. The van der Waals surface area contributed by atoms with Crippen LogP contribution in [0.5, 0.6) is 0 Å². The molecule has 60 valence electrons. The van der Waals surface area contributed by atoms with E-state index in [0.29, 0.717) is 11.6 Å². The highest BCUT2D eigenvalue weighted by Gasteiger charge is 2.02. The number of benzene rings is 1. The quantitative estimate of drug-likeness (QED) is 0.461. The normalized spacial score (nSPS) is 9.73. The van der Waals surface area contributed by atoms with Crippen LogP contribution in [-0.2, 0) is 6.54 Å². The summed E-state index contributed by atoms with van der Waals surface area (Å²) >= 11 is 5.83. The minimum Gasteiger partial charge on any atom is -0.326 e.